The van der Waals surface area contributed by atoms with Gasteiger partial charge in [0.1, 0.15) is 24.0 Å². The van der Waals surface area contributed by atoms with Crippen molar-refractivity contribution in [1.29, 1.82) is 0 Å². The topological polar surface area (TPSA) is 63.6 Å². The molecular formula is C21H18F2O4. The van der Waals surface area contributed by atoms with Crippen LogP contribution in [-0.4, -0.2) is 16.9 Å². The number of ether oxygens (including phenoxy) is 1. The number of halogens is 2. The van der Waals surface area contributed by atoms with Gasteiger partial charge in [-0.25, -0.2) is 13.6 Å². The molecule has 0 aromatic heterocycles. The molecule has 3 rings (SSSR count). The maximum atomic E-state index is 13.6. The standard InChI is InChI=1S/C21H18F2O4/c22-18-5-2-6-19(23)17(18)12-27-14-9-7-13(8-10-14)11-20(24)15-3-1-4-16(15)21(25)26/h2,5-10H,1,3-4,11-12H2,(H,25,26). The van der Waals surface area contributed by atoms with Gasteiger partial charge in [-0.05, 0) is 49.1 Å². The van der Waals surface area contributed by atoms with Gasteiger partial charge in [-0.1, -0.05) is 18.2 Å². The van der Waals surface area contributed by atoms with E-state index in [1.807, 2.05) is 0 Å². The number of ketones is 1. The lowest BCUT2D eigenvalue weighted by molar-refractivity contribution is -0.133. The molecule has 0 aliphatic heterocycles. The Morgan fingerprint density at radius 3 is 2.22 bits per heavy atom. The molecule has 0 radical (unpaired) electrons. The van der Waals surface area contributed by atoms with Crippen molar-refractivity contribution in [3.05, 3.63) is 76.4 Å². The minimum atomic E-state index is -1.03. The second-order valence-corrected chi connectivity index (χ2v) is 6.35. The number of Topliss-reactive ketones (excluding diaryl/α,β-unsaturated/α-hetero) is 1. The van der Waals surface area contributed by atoms with E-state index in [4.69, 9.17) is 9.84 Å². The van der Waals surface area contributed by atoms with E-state index >= 15 is 0 Å². The molecule has 0 unspecified atom stereocenters. The fourth-order valence-corrected chi connectivity index (χ4v) is 3.11. The summed E-state index contributed by atoms with van der Waals surface area (Å²) in [6, 6.07) is 10.2. The average Bonchev–Trinajstić information content (AvgIpc) is 3.13. The van der Waals surface area contributed by atoms with Crippen LogP contribution < -0.4 is 4.74 Å². The molecule has 27 heavy (non-hydrogen) atoms. The van der Waals surface area contributed by atoms with Crippen molar-refractivity contribution in [2.75, 3.05) is 0 Å². The maximum Gasteiger partial charge on any atom is 0.331 e. The zero-order valence-corrected chi connectivity index (χ0v) is 14.5. The minimum absolute atomic E-state index is 0.105. The molecular weight excluding hydrogens is 354 g/mol. The van der Waals surface area contributed by atoms with Crippen molar-refractivity contribution in [1.82, 2.24) is 0 Å². The number of carbonyl (C=O) groups excluding carboxylic acids is 1. The molecule has 1 N–H and O–H groups in total. The molecule has 4 nitrogen and oxygen atoms in total. The van der Waals surface area contributed by atoms with E-state index in [1.54, 1.807) is 24.3 Å². The van der Waals surface area contributed by atoms with Crippen LogP contribution in [0.25, 0.3) is 0 Å². The van der Waals surface area contributed by atoms with Crippen molar-refractivity contribution in [3.63, 3.8) is 0 Å². The quantitative estimate of drug-likeness (QED) is 0.790. The maximum absolute atomic E-state index is 13.6. The lowest BCUT2D eigenvalue weighted by Crippen LogP contribution is -2.10. The van der Waals surface area contributed by atoms with Crippen molar-refractivity contribution in [2.24, 2.45) is 0 Å². The van der Waals surface area contributed by atoms with Gasteiger partial charge in [0.05, 0.1) is 5.56 Å². The van der Waals surface area contributed by atoms with Gasteiger partial charge in [0.25, 0.3) is 0 Å². The molecule has 2 aromatic carbocycles. The number of carboxylic acid groups (broad SMARTS) is 1. The number of rotatable bonds is 7. The third kappa shape index (κ3) is 4.39. The molecule has 0 spiro atoms. The third-order valence-corrected chi connectivity index (χ3v) is 4.55. The lowest BCUT2D eigenvalue weighted by atomic mass is 10.00. The van der Waals surface area contributed by atoms with Crippen LogP contribution in [0.15, 0.2) is 53.6 Å². The average molecular weight is 372 g/mol. The van der Waals surface area contributed by atoms with Gasteiger partial charge in [-0.3, -0.25) is 4.79 Å². The van der Waals surface area contributed by atoms with Gasteiger partial charge < -0.3 is 9.84 Å². The van der Waals surface area contributed by atoms with Crippen LogP contribution >= 0.6 is 0 Å². The lowest BCUT2D eigenvalue weighted by Gasteiger charge is -2.09. The van der Waals surface area contributed by atoms with Gasteiger partial charge >= 0.3 is 5.97 Å². The van der Waals surface area contributed by atoms with Gasteiger partial charge in [0, 0.05) is 17.6 Å². The Bertz CT molecular complexity index is 881. The van der Waals surface area contributed by atoms with Crippen LogP contribution in [0.4, 0.5) is 8.78 Å². The number of carboxylic acids is 1. The predicted molar refractivity (Wildman–Crippen MR) is 94.4 cm³/mol. The van der Waals surface area contributed by atoms with Crippen LogP contribution in [0.2, 0.25) is 0 Å². The highest BCUT2D eigenvalue weighted by Gasteiger charge is 2.25. The summed E-state index contributed by atoms with van der Waals surface area (Å²) in [7, 11) is 0. The highest BCUT2D eigenvalue weighted by atomic mass is 19.1. The third-order valence-electron chi connectivity index (χ3n) is 4.55. The first kappa shape index (κ1) is 18.8. The zero-order chi connectivity index (χ0) is 19.4. The van der Waals surface area contributed by atoms with E-state index in [1.165, 1.54) is 18.2 Å². The van der Waals surface area contributed by atoms with Crippen LogP contribution in [0.1, 0.15) is 30.4 Å². The molecule has 140 valence electrons. The Hall–Kier alpha value is -3.02. The minimum Gasteiger partial charge on any atom is -0.489 e. The smallest absolute Gasteiger partial charge is 0.331 e. The first-order chi connectivity index (χ1) is 13.0. The normalized spacial score (nSPS) is 13.7. The molecule has 0 fully saturated rings. The first-order valence-electron chi connectivity index (χ1n) is 8.59. The highest BCUT2D eigenvalue weighted by Crippen LogP contribution is 2.28. The monoisotopic (exact) mass is 372 g/mol. The zero-order valence-electron chi connectivity index (χ0n) is 14.5. The Balaban J connectivity index is 1.63. The molecule has 1 aliphatic rings. The van der Waals surface area contributed by atoms with Crippen LogP contribution in [0, 0.1) is 11.6 Å². The van der Waals surface area contributed by atoms with E-state index in [0.717, 1.165) is 0 Å². The summed E-state index contributed by atoms with van der Waals surface area (Å²) in [5.74, 6) is -2.14. The number of benzene rings is 2. The van der Waals surface area contributed by atoms with Crippen LogP contribution in [0.3, 0.4) is 0 Å². The molecule has 6 heteroatoms. The van der Waals surface area contributed by atoms with Gasteiger partial charge in [0.2, 0.25) is 0 Å². The molecule has 0 atom stereocenters. The summed E-state index contributed by atoms with van der Waals surface area (Å²) in [4.78, 5) is 23.5. The van der Waals surface area contributed by atoms with E-state index < -0.39 is 17.6 Å². The number of allylic oxidation sites excluding steroid dienone is 1. The molecule has 0 saturated carbocycles. The molecule has 0 amide bonds. The summed E-state index contributed by atoms with van der Waals surface area (Å²) < 4.78 is 32.6. The van der Waals surface area contributed by atoms with Gasteiger partial charge in [0.15, 0.2) is 5.78 Å². The molecule has 1 aliphatic carbocycles. The number of hydrogen-bond acceptors (Lipinski definition) is 3. The Labute approximate surface area is 155 Å². The van der Waals surface area contributed by atoms with E-state index in [9.17, 15) is 18.4 Å². The van der Waals surface area contributed by atoms with E-state index in [-0.39, 0.29) is 29.9 Å². The second kappa shape index (κ2) is 8.12. The summed E-state index contributed by atoms with van der Waals surface area (Å²) >= 11 is 0. The van der Waals surface area contributed by atoms with Crippen molar-refractivity contribution in [2.45, 2.75) is 32.3 Å². The first-order valence-corrected chi connectivity index (χ1v) is 8.59. The summed E-state index contributed by atoms with van der Waals surface area (Å²) in [6.45, 7) is -0.244. The van der Waals surface area contributed by atoms with E-state index in [2.05, 4.69) is 0 Å². The summed E-state index contributed by atoms with van der Waals surface area (Å²) in [5, 5.41) is 9.15. The summed E-state index contributed by atoms with van der Waals surface area (Å²) in [5.41, 5.74) is 1.18. The fourth-order valence-electron chi connectivity index (χ4n) is 3.11. The Kier molecular flexibility index (Phi) is 5.64. The number of carbonyl (C=O) groups is 2. The van der Waals surface area contributed by atoms with Crippen molar-refractivity contribution < 1.29 is 28.2 Å². The van der Waals surface area contributed by atoms with Gasteiger partial charge in [-0.15, -0.1) is 0 Å². The van der Waals surface area contributed by atoms with Crippen LogP contribution in [0.5, 0.6) is 5.75 Å². The highest BCUT2D eigenvalue weighted by molar-refractivity contribution is 6.04. The molecule has 0 bridgehead atoms. The molecule has 2 aromatic rings. The Morgan fingerprint density at radius 1 is 0.963 bits per heavy atom. The Morgan fingerprint density at radius 2 is 1.59 bits per heavy atom. The van der Waals surface area contributed by atoms with E-state index in [0.29, 0.717) is 36.1 Å². The number of aliphatic carboxylic acids is 1. The van der Waals surface area contributed by atoms with Gasteiger partial charge in [-0.2, -0.15) is 0 Å². The fraction of sp³-hybridized carbons (Fsp3) is 0.238. The predicted octanol–water partition coefficient (Wildman–Crippen LogP) is 4.22. The summed E-state index contributed by atoms with van der Waals surface area (Å²) in [6.07, 6.45) is 1.71. The second-order valence-electron chi connectivity index (χ2n) is 6.35. The number of hydrogen-bond donors (Lipinski definition) is 1. The SMILES string of the molecule is O=C(O)C1=C(C(=O)Cc2ccc(OCc3c(F)cccc3F)cc2)CCC1. The molecule has 0 heterocycles. The molecule has 0 saturated heterocycles. The van der Waals surface area contributed by atoms with Crippen molar-refractivity contribution in [3.8, 4) is 5.75 Å². The van der Waals surface area contributed by atoms with Crippen LogP contribution in [-0.2, 0) is 22.6 Å². The largest absolute Gasteiger partial charge is 0.489 e. The van der Waals surface area contributed by atoms with Crippen molar-refractivity contribution >= 4 is 11.8 Å².